The third-order valence-electron chi connectivity index (χ3n) is 11.2. The molecule has 0 aliphatic heterocycles. The Morgan fingerprint density at radius 1 is 0.529 bits per heavy atom. The Bertz CT molecular complexity index is 2820. The van der Waals surface area contributed by atoms with Crippen LogP contribution < -0.4 is 0 Å². The summed E-state index contributed by atoms with van der Waals surface area (Å²) in [6.45, 7) is 9.07. The molecule has 1 heteroatoms. The quantitative estimate of drug-likeness (QED) is 0.172. The molecule has 0 saturated heterocycles. The van der Waals surface area contributed by atoms with Crippen molar-refractivity contribution in [3.63, 3.8) is 0 Å². The van der Waals surface area contributed by atoms with Crippen LogP contribution in [0.3, 0.4) is 0 Å². The number of para-hydroxylation sites is 1. The van der Waals surface area contributed by atoms with Crippen molar-refractivity contribution in [3.05, 3.63) is 167 Å². The summed E-state index contributed by atoms with van der Waals surface area (Å²) in [5, 5.41) is 8.81. The molecule has 0 N–H and O–H groups in total. The van der Waals surface area contributed by atoms with Crippen LogP contribution in [0.5, 0.6) is 0 Å². The summed E-state index contributed by atoms with van der Waals surface area (Å²) in [6, 6.07) is 51.7. The van der Waals surface area contributed by atoms with E-state index in [0.29, 0.717) is 0 Å². The van der Waals surface area contributed by atoms with Crippen molar-refractivity contribution in [3.8, 4) is 33.6 Å². The molecule has 1 nitrogen and oxygen atoms in total. The minimum Gasteiger partial charge on any atom is -0.456 e. The van der Waals surface area contributed by atoms with Crippen LogP contribution in [0.25, 0.3) is 88.5 Å². The molecule has 0 fully saturated rings. The van der Waals surface area contributed by atoms with E-state index in [1.54, 1.807) is 0 Å². The molecule has 244 valence electrons. The van der Waals surface area contributed by atoms with E-state index in [1.807, 2.05) is 6.07 Å². The maximum atomic E-state index is 6.63. The van der Waals surface area contributed by atoms with Crippen LogP contribution in [0.4, 0.5) is 0 Å². The minimum atomic E-state index is 0.0891. The fraction of sp³-hybridized carbons (Fsp3) is 0.120. The lowest BCUT2D eigenvalue weighted by atomic mass is 9.81. The highest BCUT2D eigenvalue weighted by Crippen LogP contribution is 2.49. The van der Waals surface area contributed by atoms with Crippen LogP contribution in [-0.4, -0.2) is 0 Å². The fourth-order valence-corrected chi connectivity index (χ4v) is 8.52. The molecule has 9 aromatic rings. The summed E-state index contributed by atoms with van der Waals surface area (Å²) in [5.74, 6) is 0.899. The Morgan fingerprint density at radius 3 is 1.88 bits per heavy atom. The highest BCUT2D eigenvalue weighted by atomic mass is 16.3. The summed E-state index contributed by atoms with van der Waals surface area (Å²) in [7, 11) is 0. The first-order chi connectivity index (χ1) is 24.8. The van der Waals surface area contributed by atoms with Gasteiger partial charge in [0.1, 0.15) is 11.3 Å². The number of aryl methyl sites for hydroxylation is 1. The lowest BCUT2D eigenvalue weighted by Gasteiger charge is -2.22. The second-order valence-electron chi connectivity index (χ2n) is 15.4. The van der Waals surface area contributed by atoms with E-state index in [9.17, 15) is 0 Å². The molecule has 1 aromatic heterocycles. The van der Waals surface area contributed by atoms with Crippen LogP contribution in [0.2, 0.25) is 0 Å². The van der Waals surface area contributed by atoms with Crippen molar-refractivity contribution in [2.75, 3.05) is 0 Å². The number of benzene rings is 8. The van der Waals surface area contributed by atoms with Crippen molar-refractivity contribution >= 4 is 54.9 Å². The Labute approximate surface area is 298 Å². The number of allylic oxidation sites excluding steroid dienone is 1. The maximum absolute atomic E-state index is 6.63. The van der Waals surface area contributed by atoms with Gasteiger partial charge in [0.25, 0.3) is 0 Å². The molecule has 0 atom stereocenters. The van der Waals surface area contributed by atoms with E-state index < -0.39 is 0 Å². The molecular formula is C50H38O. The Kier molecular flexibility index (Phi) is 6.48. The number of rotatable bonds is 4. The topological polar surface area (TPSA) is 13.1 Å². The van der Waals surface area contributed by atoms with Gasteiger partial charge in [0, 0.05) is 10.9 Å². The first-order valence-electron chi connectivity index (χ1n) is 18.0. The van der Waals surface area contributed by atoms with Gasteiger partial charge < -0.3 is 4.42 Å². The lowest BCUT2D eigenvalue weighted by Crippen LogP contribution is -2.10. The van der Waals surface area contributed by atoms with Gasteiger partial charge in [-0.05, 0) is 131 Å². The van der Waals surface area contributed by atoms with Gasteiger partial charge in [-0.15, -0.1) is 0 Å². The molecule has 0 radical (unpaired) electrons. The predicted octanol–water partition coefficient (Wildman–Crippen LogP) is 14.0. The summed E-state index contributed by atoms with van der Waals surface area (Å²) >= 11 is 0. The maximum Gasteiger partial charge on any atom is 0.136 e. The summed E-state index contributed by atoms with van der Waals surface area (Å²) in [5.41, 5.74) is 15.1. The molecule has 0 spiro atoms. The van der Waals surface area contributed by atoms with Gasteiger partial charge >= 0.3 is 0 Å². The number of hydrogen-bond donors (Lipinski definition) is 0. The zero-order valence-electron chi connectivity index (χ0n) is 29.5. The monoisotopic (exact) mass is 654 g/mol. The average molecular weight is 655 g/mol. The number of fused-ring (bicyclic) bond motifs is 2. The predicted molar refractivity (Wildman–Crippen MR) is 218 cm³/mol. The molecule has 1 heterocycles. The van der Waals surface area contributed by atoms with Crippen LogP contribution in [-0.2, 0) is 11.8 Å². The van der Waals surface area contributed by atoms with E-state index in [4.69, 9.17) is 4.42 Å². The molecule has 1 aliphatic carbocycles. The van der Waals surface area contributed by atoms with Gasteiger partial charge in [0.05, 0.1) is 0 Å². The molecule has 8 aromatic carbocycles. The highest BCUT2D eigenvalue weighted by molar-refractivity contribution is 6.31. The van der Waals surface area contributed by atoms with Gasteiger partial charge in [0.2, 0.25) is 0 Å². The number of hydrogen-bond acceptors (Lipinski definition) is 1. The van der Waals surface area contributed by atoms with Gasteiger partial charge in [0.15, 0.2) is 0 Å². The second-order valence-corrected chi connectivity index (χ2v) is 15.4. The standard InChI is InChI=1S/C50H38O/c1-30-11-5-9-15-37(30)44-29-45(47-27-34-14-8-10-16-46(34)51-47)41-24-22-38-42(31-17-19-36(20-18-31)50(2,3)4)28-43(39-21-23-40(44)49(41)48(38)39)35-25-32-12-6-7-13-33(32)26-35/h5-25,27-29H,26H2,1-4H3. The largest absolute Gasteiger partial charge is 0.456 e. The van der Waals surface area contributed by atoms with E-state index in [2.05, 4.69) is 167 Å². The fourth-order valence-electron chi connectivity index (χ4n) is 8.52. The summed E-state index contributed by atoms with van der Waals surface area (Å²) < 4.78 is 6.63. The smallest absolute Gasteiger partial charge is 0.136 e. The molecule has 0 bridgehead atoms. The zero-order chi connectivity index (χ0) is 34.4. The zero-order valence-corrected chi connectivity index (χ0v) is 29.5. The van der Waals surface area contributed by atoms with Crippen molar-refractivity contribution in [1.82, 2.24) is 0 Å². The second kappa shape index (κ2) is 11.0. The Morgan fingerprint density at radius 2 is 1.16 bits per heavy atom. The van der Waals surface area contributed by atoms with Gasteiger partial charge in [-0.2, -0.15) is 0 Å². The van der Waals surface area contributed by atoms with E-state index in [0.717, 1.165) is 28.7 Å². The Hall–Kier alpha value is -5.92. The van der Waals surface area contributed by atoms with Crippen molar-refractivity contribution in [2.24, 2.45) is 0 Å². The minimum absolute atomic E-state index is 0.0891. The van der Waals surface area contributed by atoms with Crippen LogP contribution in [0, 0.1) is 6.92 Å². The van der Waals surface area contributed by atoms with Crippen LogP contribution in [0.15, 0.2) is 144 Å². The average Bonchev–Trinajstić information content (AvgIpc) is 3.78. The first-order valence-corrected chi connectivity index (χ1v) is 18.0. The van der Waals surface area contributed by atoms with Crippen LogP contribution >= 0.6 is 0 Å². The van der Waals surface area contributed by atoms with E-state index in [-0.39, 0.29) is 5.41 Å². The van der Waals surface area contributed by atoms with Gasteiger partial charge in [-0.25, -0.2) is 0 Å². The summed E-state index contributed by atoms with van der Waals surface area (Å²) in [4.78, 5) is 0. The molecule has 10 rings (SSSR count). The molecule has 1 aliphatic rings. The molecular weight excluding hydrogens is 617 g/mol. The Balaban J connectivity index is 1.34. The van der Waals surface area contributed by atoms with Gasteiger partial charge in [-0.1, -0.05) is 142 Å². The van der Waals surface area contributed by atoms with Gasteiger partial charge in [-0.3, -0.25) is 0 Å². The summed E-state index contributed by atoms with van der Waals surface area (Å²) in [6.07, 6.45) is 3.34. The van der Waals surface area contributed by atoms with Crippen LogP contribution in [0.1, 0.15) is 48.6 Å². The SMILES string of the molecule is Cc1ccccc1-c1cc(-c2cc3ccccc3o2)c2ccc3c(-c4ccc(C(C)(C)C)cc4)cc(C4=Cc5ccccc5C4)c4ccc1c2c43. The van der Waals surface area contributed by atoms with E-state index in [1.165, 1.54) is 88.0 Å². The molecule has 0 saturated carbocycles. The lowest BCUT2D eigenvalue weighted by molar-refractivity contribution is 0.590. The highest BCUT2D eigenvalue weighted by Gasteiger charge is 2.24. The third-order valence-corrected chi connectivity index (χ3v) is 11.2. The van der Waals surface area contributed by atoms with Crippen molar-refractivity contribution in [2.45, 2.75) is 39.5 Å². The number of furan rings is 1. The van der Waals surface area contributed by atoms with E-state index >= 15 is 0 Å². The molecule has 51 heavy (non-hydrogen) atoms. The normalized spacial score (nSPS) is 13.1. The molecule has 0 amide bonds. The molecule has 0 unspecified atom stereocenters. The first kappa shape index (κ1) is 29.9. The van der Waals surface area contributed by atoms with Crippen molar-refractivity contribution < 1.29 is 4.42 Å². The third kappa shape index (κ3) is 4.68. The van der Waals surface area contributed by atoms with Crippen molar-refractivity contribution in [1.29, 1.82) is 0 Å².